The Balaban J connectivity index is 1.72. The molecule has 1 saturated heterocycles. The van der Waals surface area contributed by atoms with E-state index in [2.05, 4.69) is 15.2 Å². The molecule has 0 amide bonds. The maximum atomic E-state index is 14.7. The van der Waals surface area contributed by atoms with Crippen molar-refractivity contribution < 1.29 is 37.3 Å². The third-order valence-corrected chi connectivity index (χ3v) is 7.58. The highest BCUT2D eigenvalue weighted by Crippen LogP contribution is 2.30. The molecule has 3 heterocycles. The van der Waals surface area contributed by atoms with E-state index in [1.807, 2.05) is 11.9 Å². The Morgan fingerprint density at radius 1 is 1.31 bits per heavy atom. The maximum absolute atomic E-state index is 14.7. The van der Waals surface area contributed by atoms with Crippen LogP contribution in [0.3, 0.4) is 0 Å². The minimum atomic E-state index is -2.64. The first-order chi connectivity index (χ1) is 18.5. The van der Waals surface area contributed by atoms with Gasteiger partial charge in [-0.1, -0.05) is 18.9 Å². The van der Waals surface area contributed by atoms with Gasteiger partial charge in [0.1, 0.15) is 43.4 Å². The fraction of sp³-hybridized carbons (Fsp3) is 0.667. The van der Waals surface area contributed by atoms with Crippen molar-refractivity contribution in [3.8, 4) is 0 Å². The molecule has 15 heteroatoms. The highest BCUT2D eigenvalue weighted by molar-refractivity contribution is 7.36. The predicted octanol–water partition coefficient (Wildman–Crippen LogP) is 1.68. The molecule has 1 aliphatic rings. The molecule has 2 aromatic rings. The van der Waals surface area contributed by atoms with Crippen molar-refractivity contribution in [1.82, 2.24) is 24.6 Å². The van der Waals surface area contributed by atoms with Crippen molar-refractivity contribution in [2.75, 3.05) is 46.3 Å². The van der Waals surface area contributed by atoms with Gasteiger partial charge in [-0.2, -0.15) is 5.10 Å². The molecule has 0 spiro atoms. The number of anilines is 1. The Morgan fingerprint density at radius 3 is 2.67 bits per heavy atom. The number of methoxy groups -OCH3 is 1. The first kappa shape index (κ1) is 30.8. The minimum absolute atomic E-state index is 0.0209. The van der Waals surface area contributed by atoms with Crippen LogP contribution < -0.4 is 10.8 Å². The molecular weight excluding hydrogens is 534 g/mol. The second-order valence-corrected chi connectivity index (χ2v) is 11.0. The van der Waals surface area contributed by atoms with Crippen molar-refractivity contribution in [2.45, 2.75) is 57.5 Å². The second-order valence-electron chi connectivity index (χ2n) is 9.95. The second kappa shape index (κ2) is 13.5. The van der Waals surface area contributed by atoms with E-state index in [0.717, 1.165) is 13.0 Å². The SMILES string of the molecule is CO[C@](CF)(CO[P+](=O)N[C@@H](C)C(=O)O[C@@H]1CCN(C)C1)[C@H](Cc1ccc2c(N)ncnn12)OC(=O)C(C)C. The van der Waals surface area contributed by atoms with Gasteiger partial charge in [0.05, 0.1) is 5.92 Å². The summed E-state index contributed by atoms with van der Waals surface area (Å²) in [6.07, 6.45) is 0.543. The number of carbonyl (C=O) groups excluding carboxylic acids is 2. The minimum Gasteiger partial charge on any atom is -0.460 e. The Bertz CT molecular complexity index is 1160. The van der Waals surface area contributed by atoms with E-state index < -0.39 is 57.1 Å². The van der Waals surface area contributed by atoms with Gasteiger partial charge in [0.25, 0.3) is 0 Å². The van der Waals surface area contributed by atoms with E-state index in [9.17, 15) is 18.5 Å². The normalized spacial score (nSPS) is 19.6. The van der Waals surface area contributed by atoms with E-state index in [0.29, 0.717) is 17.8 Å². The van der Waals surface area contributed by atoms with Crippen LogP contribution in [0.4, 0.5) is 10.2 Å². The van der Waals surface area contributed by atoms with Gasteiger partial charge < -0.3 is 24.8 Å². The van der Waals surface area contributed by atoms with Gasteiger partial charge in [-0.05, 0) is 37.1 Å². The number of hydrogen-bond acceptors (Lipinski definition) is 11. The van der Waals surface area contributed by atoms with Crippen LogP contribution in [-0.2, 0) is 39.3 Å². The number of aromatic nitrogens is 3. The summed E-state index contributed by atoms with van der Waals surface area (Å²) in [4.78, 5) is 31.0. The molecule has 3 rings (SSSR count). The first-order valence-electron chi connectivity index (χ1n) is 12.6. The van der Waals surface area contributed by atoms with Crippen molar-refractivity contribution in [2.24, 2.45) is 5.92 Å². The average molecular weight is 572 g/mol. The van der Waals surface area contributed by atoms with E-state index in [-0.39, 0.29) is 18.3 Å². The molecule has 216 valence electrons. The number of rotatable bonds is 14. The fourth-order valence-corrected chi connectivity index (χ4v) is 4.93. The number of fused-ring (bicyclic) bond motifs is 1. The van der Waals surface area contributed by atoms with Crippen LogP contribution in [0.25, 0.3) is 5.52 Å². The number of ether oxygens (including phenoxy) is 3. The van der Waals surface area contributed by atoms with Crippen molar-refractivity contribution >= 4 is 31.5 Å². The smallest absolute Gasteiger partial charge is 0.460 e. The number of halogens is 1. The van der Waals surface area contributed by atoms with E-state index >= 15 is 0 Å². The summed E-state index contributed by atoms with van der Waals surface area (Å²) < 4.78 is 50.9. The molecule has 0 saturated carbocycles. The monoisotopic (exact) mass is 571 g/mol. The molecule has 1 aliphatic heterocycles. The molecule has 3 N–H and O–H groups in total. The van der Waals surface area contributed by atoms with Crippen LogP contribution in [-0.4, -0.2) is 95.8 Å². The van der Waals surface area contributed by atoms with E-state index in [1.54, 1.807) is 26.0 Å². The van der Waals surface area contributed by atoms with Gasteiger partial charge in [-0.25, -0.2) is 13.9 Å². The van der Waals surface area contributed by atoms with Crippen LogP contribution in [0.2, 0.25) is 0 Å². The molecule has 2 aromatic heterocycles. The maximum Gasteiger partial charge on any atom is 0.613 e. The quantitative estimate of drug-likeness (QED) is 0.250. The molecule has 0 bridgehead atoms. The molecule has 1 unspecified atom stereocenters. The summed E-state index contributed by atoms with van der Waals surface area (Å²) >= 11 is 0. The lowest BCUT2D eigenvalue weighted by molar-refractivity contribution is -0.181. The van der Waals surface area contributed by atoms with Gasteiger partial charge in [0.2, 0.25) is 0 Å². The van der Waals surface area contributed by atoms with Gasteiger partial charge >= 0.3 is 20.1 Å². The molecule has 0 aliphatic carbocycles. The van der Waals surface area contributed by atoms with Crippen molar-refractivity contribution in [1.29, 1.82) is 0 Å². The van der Waals surface area contributed by atoms with Gasteiger partial charge in [0.15, 0.2) is 11.4 Å². The number of nitrogens with zero attached hydrogens (tertiary/aromatic N) is 4. The highest BCUT2D eigenvalue weighted by atomic mass is 31.1. The number of alkyl halides is 1. The van der Waals surface area contributed by atoms with Crippen molar-refractivity contribution in [3.05, 3.63) is 24.2 Å². The lowest BCUT2D eigenvalue weighted by atomic mass is 9.94. The molecule has 39 heavy (non-hydrogen) atoms. The third-order valence-electron chi connectivity index (χ3n) is 6.61. The number of likely N-dealkylation sites (tertiary alicyclic amines) is 1. The molecule has 13 nitrogen and oxygen atoms in total. The number of carbonyl (C=O) groups is 2. The summed E-state index contributed by atoms with van der Waals surface area (Å²) in [6, 6.07) is 2.46. The summed E-state index contributed by atoms with van der Waals surface area (Å²) in [6.45, 7) is 4.55. The highest BCUT2D eigenvalue weighted by Gasteiger charge is 2.46. The number of hydrogen-bond donors (Lipinski definition) is 2. The zero-order chi connectivity index (χ0) is 28.7. The summed E-state index contributed by atoms with van der Waals surface area (Å²) in [5, 5.41) is 6.72. The predicted molar refractivity (Wildman–Crippen MR) is 140 cm³/mol. The summed E-state index contributed by atoms with van der Waals surface area (Å²) in [7, 11) is 0.540. The van der Waals surface area contributed by atoms with Gasteiger partial charge in [0, 0.05) is 32.3 Å². The molecular formula is C24H37FN6O7P+. The zero-order valence-electron chi connectivity index (χ0n) is 22.8. The number of nitrogens with one attached hydrogen (secondary N) is 1. The summed E-state index contributed by atoms with van der Waals surface area (Å²) in [5.74, 6) is -1.42. The Hall–Kier alpha value is -2.77. The molecule has 0 aromatic carbocycles. The lowest BCUT2D eigenvalue weighted by Gasteiger charge is -2.35. The standard InChI is InChI=1S/C24H37FN6O7P/c1-15(2)22(32)38-20(10-17-6-7-19-21(26)27-14-28-31(17)19)24(12-25,35-5)13-36-39(34)29-16(3)23(33)37-18-8-9-30(4)11-18/h6-7,14-16,18,20H,8-13H2,1-5H3,(H,29,34)(H2,26,27,28)/q+1/t16-,18+,20-,24+/m0/s1. The van der Waals surface area contributed by atoms with E-state index in [1.165, 1.54) is 24.9 Å². The summed E-state index contributed by atoms with van der Waals surface area (Å²) in [5.41, 5.74) is 5.17. The Kier molecular flexibility index (Phi) is 10.7. The largest absolute Gasteiger partial charge is 0.613 e. The number of nitrogen functional groups attached to an aromatic ring is 1. The van der Waals surface area contributed by atoms with Crippen LogP contribution >= 0.6 is 8.18 Å². The van der Waals surface area contributed by atoms with Crippen molar-refractivity contribution in [3.63, 3.8) is 0 Å². The topological polar surface area (TPSA) is 160 Å². The van der Waals surface area contributed by atoms with Gasteiger partial charge in [-0.3, -0.25) is 9.59 Å². The fourth-order valence-electron chi connectivity index (χ4n) is 4.10. The van der Waals surface area contributed by atoms with E-state index in [4.69, 9.17) is 24.5 Å². The third kappa shape index (κ3) is 7.67. The number of esters is 2. The molecule has 5 atom stereocenters. The number of nitrogens with two attached hydrogens (primary N) is 1. The van der Waals surface area contributed by atoms with Crippen LogP contribution in [0, 0.1) is 5.92 Å². The van der Waals surface area contributed by atoms with Gasteiger partial charge in [-0.15, -0.1) is 4.52 Å². The van der Waals surface area contributed by atoms with Crippen LogP contribution in [0.15, 0.2) is 18.5 Å². The van der Waals surface area contributed by atoms with Crippen LogP contribution in [0.5, 0.6) is 0 Å². The Morgan fingerprint density at radius 2 is 2.05 bits per heavy atom. The van der Waals surface area contributed by atoms with Crippen LogP contribution in [0.1, 0.15) is 32.9 Å². The zero-order valence-corrected chi connectivity index (χ0v) is 23.7. The first-order valence-corrected chi connectivity index (χ1v) is 13.8. The number of likely N-dealkylation sites (N-methyl/N-ethyl adjacent to an activating group) is 1. The molecule has 0 radical (unpaired) electrons. The lowest BCUT2D eigenvalue weighted by Crippen LogP contribution is -2.53. The average Bonchev–Trinajstić information content (AvgIpc) is 3.51. The molecule has 1 fully saturated rings. The Labute approximate surface area is 227 Å².